The predicted octanol–water partition coefficient (Wildman–Crippen LogP) is 3.00. The molecule has 4 nitrogen and oxygen atoms in total. The molecule has 0 fully saturated rings. The molecule has 2 aromatic carbocycles. The first kappa shape index (κ1) is 15.1. The molecule has 0 bridgehead atoms. The molecule has 0 amide bonds. The van der Waals surface area contributed by atoms with Gasteiger partial charge in [-0.3, -0.25) is 5.10 Å². The highest BCUT2D eigenvalue weighted by atomic mass is 16.3. The zero-order valence-electron chi connectivity index (χ0n) is 13.5. The number of rotatable bonds is 5. The molecule has 1 aliphatic carbocycles. The molecule has 3 aromatic rings. The molecule has 1 atom stereocenters. The number of benzene rings is 2. The summed E-state index contributed by atoms with van der Waals surface area (Å²) in [7, 11) is 0. The summed E-state index contributed by atoms with van der Waals surface area (Å²) in [5.74, 6) is 0. The van der Waals surface area contributed by atoms with Gasteiger partial charge in [0.15, 0.2) is 0 Å². The van der Waals surface area contributed by atoms with Crippen molar-refractivity contribution in [2.24, 2.45) is 0 Å². The maximum absolute atomic E-state index is 11.0. The van der Waals surface area contributed by atoms with Crippen LogP contribution >= 0.6 is 0 Å². The number of aryl methyl sites for hydroxylation is 1. The maximum Gasteiger partial charge on any atom is 0.103 e. The summed E-state index contributed by atoms with van der Waals surface area (Å²) in [4.78, 5) is 0. The Morgan fingerprint density at radius 2 is 1.88 bits per heavy atom. The lowest BCUT2D eigenvalue weighted by Crippen LogP contribution is -2.36. The Hall–Kier alpha value is -2.43. The Bertz CT molecular complexity index is 828. The minimum Gasteiger partial charge on any atom is -0.384 e. The van der Waals surface area contributed by atoms with Gasteiger partial charge in [-0.1, -0.05) is 54.6 Å². The number of H-pyrrole nitrogens is 1. The van der Waals surface area contributed by atoms with Crippen molar-refractivity contribution >= 4 is 0 Å². The highest BCUT2D eigenvalue weighted by molar-refractivity contribution is 5.62. The van der Waals surface area contributed by atoms with E-state index in [2.05, 4.69) is 33.7 Å². The average molecular weight is 319 g/mol. The molecule has 0 saturated carbocycles. The van der Waals surface area contributed by atoms with E-state index >= 15 is 0 Å². The summed E-state index contributed by atoms with van der Waals surface area (Å²) in [5.41, 5.74) is 4.81. The second kappa shape index (κ2) is 6.23. The van der Waals surface area contributed by atoms with E-state index < -0.39 is 5.60 Å². The number of fused-ring (bicyclic) bond motifs is 1. The number of hydrogen-bond acceptors (Lipinski definition) is 3. The van der Waals surface area contributed by atoms with Crippen LogP contribution in [-0.2, 0) is 18.6 Å². The van der Waals surface area contributed by atoms with Crippen LogP contribution in [0.3, 0.4) is 0 Å². The number of aromatic nitrogens is 2. The van der Waals surface area contributed by atoms with E-state index in [9.17, 15) is 5.11 Å². The lowest BCUT2D eigenvalue weighted by atomic mass is 9.96. The van der Waals surface area contributed by atoms with Crippen molar-refractivity contribution in [3.63, 3.8) is 0 Å². The summed E-state index contributed by atoms with van der Waals surface area (Å²) >= 11 is 0. The van der Waals surface area contributed by atoms with E-state index in [0.29, 0.717) is 13.1 Å². The fourth-order valence-electron chi connectivity index (χ4n) is 3.56. The lowest BCUT2D eigenvalue weighted by Gasteiger charge is -2.24. The van der Waals surface area contributed by atoms with Crippen molar-refractivity contribution in [2.45, 2.75) is 25.0 Å². The summed E-state index contributed by atoms with van der Waals surface area (Å²) in [5, 5.41) is 21.6. The Kier molecular flexibility index (Phi) is 3.92. The van der Waals surface area contributed by atoms with E-state index in [1.54, 1.807) is 0 Å². The van der Waals surface area contributed by atoms with Crippen LogP contribution in [0, 0.1) is 0 Å². The molecular weight excluding hydrogens is 298 g/mol. The van der Waals surface area contributed by atoms with Crippen molar-refractivity contribution in [1.82, 2.24) is 15.5 Å². The number of nitrogens with one attached hydrogen (secondary N) is 2. The van der Waals surface area contributed by atoms with Crippen LogP contribution < -0.4 is 5.32 Å². The zero-order valence-corrected chi connectivity index (χ0v) is 13.5. The predicted molar refractivity (Wildman–Crippen MR) is 94.4 cm³/mol. The molecular formula is C20H21N3O. The maximum atomic E-state index is 11.0. The monoisotopic (exact) mass is 319 g/mol. The van der Waals surface area contributed by atoms with Gasteiger partial charge in [-0.25, -0.2) is 0 Å². The molecule has 1 heterocycles. The summed E-state index contributed by atoms with van der Waals surface area (Å²) in [6.07, 6.45) is 3.56. The highest BCUT2D eigenvalue weighted by Gasteiger charge is 2.35. The van der Waals surface area contributed by atoms with Crippen molar-refractivity contribution < 1.29 is 5.11 Å². The Morgan fingerprint density at radius 3 is 2.75 bits per heavy atom. The fraction of sp³-hybridized carbons (Fsp3) is 0.250. The quantitative estimate of drug-likeness (QED) is 0.677. The normalized spacial score (nSPS) is 19.4. The van der Waals surface area contributed by atoms with Crippen LogP contribution in [0.25, 0.3) is 11.3 Å². The Morgan fingerprint density at radius 1 is 1.08 bits per heavy atom. The number of nitrogens with zero attached hydrogens (tertiary/aromatic N) is 1. The molecule has 0 radical (unpaired) electrons. The second-order valence-corrected chi connectivity index (χ2v) is 6.43. The van der Waals surface area contributed by atoms with Gasteiger partial charge < -0.3 is 10.4 Å². The Labute approximate surface area is 141 Å². The van der Waals surface area contributed by atoms with Gasteiger partial charge in [-0.15, -0.1) is 0 Å². The smallest absolute Gasteiger partial charge is 0.103 e. The van der Waals surface area contributed by atoms with Crippen molar-refractivity contribution in [1.29, 1.82) is 0 Å². The first-order valence-corrected chi connectivity index (χ1v) is 8.35. The molecule has 0 saturated heterocycles. The average Bonchev–Trinajstić information content (AvgIpc) is 3.22. The van der Waals surface area contributed by atoms with Gasteiger partial charge in [0, 0.05) is 18.7 Å². The number of aliphatic hydroxyl groups is 1. The summed E-state index contributed by atoms with van der Waals surface area (Å²) in [6, 6.07) is 18.4. The molecule has 24 heavy (non-hydrogen) atoms. The van der Waals surface area contributed by atoms with Gasteiger partial charge in [-0.2, -0.15) is 5.10 Å². The fourth-order valence-corrected chi connectivity index (χ4v) is 3.56. The van der Waals surface area contributed by atoms with Crippen molar-refractivity contribution in [3.8, 4) is 11.3 Å². The standard InChI is InChI=1S/C20H21N3O/c24-20(11-10-15-6-4-5-9-18(15)20)14-21-12-17-13-22-23-19(17)16-7-2-1-3-8-16/h1-9,13,21,24H,10-12,14H2,(H,22,23). The van der Waals surface area contributed by atoms with E-state index in [4.69, 9.17) is 0 Å². The zero-order chi connectivity index (χ0) is 16.4. The van der Waals surface area contributed by atoms with Gasteiger partial charge in [-0.05, 0) is 29.5 Å². The van der Waals surface area contributed by atoms with Crippen LogP contribution in [0.2, 0.25) is 0 Å². The topological polar surface area (TPSA) is 60.9 Å². The van der Waals surface area contributed by atoms with E-state index in [1.165, 1.54) is 5.56 Å². The minimum atomic E-state index is -0.771. The second-order valence-electron chi connectivity index (χ2n) is 6.43. The van der Waals surface area contributed by atoms with Gasteiger partial charge in [0.25, 0.3) is 0 Å². The number of aromatic amines is 1. The van der Waals surface area contributed by atoms with Gasteiger partial charge in [0.1, 0.15) is 5.60 Å². The molecule has 3 N–H and O–H groups in total. The van der Waals surface area contributed by atoms with E-state index in [0.717, 1.165) is 35.2 Å². The van der Waals surface area contributed by atoms with Crippen molar-refractivity contribution in [2.75, 3.05) is 6.54 Å². The molecule has 1 aliphatic rings. The summed E-state index contributed by atoms with van der Waals surface area (Å²) < 4.78 is 0. The van der Waals surface area contributed by atoms with Gasteiger partial charge in [0.2, 0.25) is 0 Å². The van der Waals surface area contributed by atoms with E-state index in [1.807, 2.05) is 42.6 Å². The van der Waals surface area contributed by atoms with Crippen LogP contribution in [0.5, 0.6) is 0 Å². The first-order valence-electron chi connectivity index (χ1n) is 8.35. The highest BCUT2D eigenvalue weighted by Crippen LogP contribution is 2.36. The molecule has 4 rings (SSSR count). The largest absolute Gasteiger partial charge is 0.384 e. The molecule has 4 heteroatoms. The molecule has 122 valence electrons. The van der Waals surface area contributed by atoms with E-state index in [-0.39, 0.29) is 0 Å². The molecule has 0 aliphatic heterocycles. The molecule has 1 aromatic heterocycles. The third-order valence-corrected chi connectivity index (χ3v) is 4.84. The SMILES string of the molecule is OC1(CNCc2cn[nH]c2-c2ccccc2)CCc2ccccc21. The van der Waals surface area contributed by atoms with Crippen LogP contribution in [-0.4, -0.2) is 21.8 Å². The number of hydrogen-bond donors (Lipinski definition) is 3. The third kappa shape index (κ3) is 2.75. The van der Waals surface area contributed by atoms with Crippen LogP contribution in [0.4, 0.5) is 0 Å². The molecule has 1 unspecified atom stereocenters. The minimum absolute atomic E-state index is 0.545. The third-order valence-electron chi connectivity index (χ3n) is 4.84. The Balaban J connectivity index is 1.45. The first-order chi connectivity index (χ1) is 11.8. The van der Waals surface area contributed by atoms with Crippen molar-refractivity contribution in [3.05, 3.63) is 77.5 Å². The van der Waals surface area contributed by atoms with Crippen LogP contribution in [0.15, 0.2) is 60.8 Å². The molecule has 0 spiro atoms. The van der Waals surface area contributed by atoms with Gasteiger partial charge in [0.05, 0.1) is 11.9 Å². The van der Waals surface area contributed by atoms with Gasteiger partial charge >= 0.3 is 0 Å². The summed E-state index contributed by atoms with van der Waals surface area (Å²) in [6.45, 7) is 1.22. The lowest BCUT2D eigenvalue weighted by molar-refractivity contribution is 0.0384. The van der Waals surface area contributed by atoms with Crippen LogP contribution in [0.1, 0.15) is 23.1 Å².